The average Bonchev–Trinajstić information content (AvgIpc) is 3.16. The number of rotatable bonds is 6. The number of hydrogen-bond donors (Lipinski definition) is 1. The Bertz CT molecular complexity index is 438. The van der Waals surface area contributed by atoms with Gasteiger partial charge in [-0.2, -0.15) is 0 Å². The van der Waals surface area contributed by atoms with Crippen LogP contribution in [0, 0.1) is 0 Å². The highest BCUT2D eigenvalue weighted by molar-refractivity contribution is 5.80. The van der Waals surface area contributed by atoms with Gasteiger partial charge in [-0.3, -0.25) is 9.89 Å². The van der Waals surface area contributed by atoms with E-state index in [-0.39, 0.29) is 0 Å². The summed E-state index contributed by atoms with van der Waals surface area (Å²) in [6.07, 6.45) is 6.55. The van der Waals surface area contributed by atoms with E-state index in [0.717, 1.165) is 64.5 Å². The highest BCUT2D eigenvalue weighted by atomic mass is 16.5. The van der Waals surface area contributed by atoms with Crippen LogP contribution in [0.3, 0.4) is 0 Å². The zero-order valence-electron chi connectivity index (χ0n) is 17.0. The number of ether oxygens (including phenoxy) is 1. The normalized spacial score (nSPS) is 29.3. The number of piperidine rings is 1. The molecule has 0 amide bonds. The lowest BCUT2D eigenvalue weighted by molar-refractivity contribution is 0.0195. The molecule has 26 heavy (non-hydrogen) atoms. The van der Waals surface area contributed by atoms with E-state index in [1.807, 2.05) is 0 Å². The first-order valence-corrected chi connectivity index (χ1v) is 10.9. The topological polar surface area (TPSA) is 43.3 Å². The van der Waals surface area contributed by atoms with E-state index in [1.54, 1.807) is 0 Å². The van der Waals surface area contributed by atoms with Gasteiger partial charge >= 0.3 is 0 Å². The van der Waals surface area contributed by atoms with Crippen molar-refractivity contribution in [3.8, 4) is 0 Å². The SMILES string of the molecule is CCNC(=NCCCN1CCCCC1C)N1CCC(N2CCOCC2)C1. The van der Waals surface area contributed by atoms with Crippen molar-refractivity contribution in [3.05, 3.63) is 0 Å². The van der Waals surface area contributed by atoms with Crippen molar-refractivity contribution in [2.45, 2.75) is 58.0 Å². The molecule has 3 rings (SSSR count). The van der Waals surface area contributed by atoms with E-state index in [9.17, 15) is 0 Å². The maximum atomic E-state index is 5.50. The molecule has 0 aliphatic carbocycles. The first kappa shape index (κ1) is 19.9. The number of likely N-dealkylation sites (tertiary alicyclic amines) is 2. The molecule has 0 aromatic rings. The number of nitrogens with zero attached hydrogens (tertiary/aromatic N) is 4. The van der Waals surface area contributed by atoms with Crippen molar-refractivity contribution in [1.29, 1.82) is 0 Å². The summed E-state index contributed by atoms with van der Waals surface area (Å²) in [6.45, 7) is 15.1. The van der Waals surface area contributed by atoms with Crippen LogP contribution >= 0.6 is 0 Å². The Morgan fingerprint density at radius 3 is 2.73 bits per heavy atom. The number of morpholine rings is 1. The predicted octanol–water partition coefficient (Wildman–Crippen LogP) is 1.62. The molecule has 1 N–H and O–H groups in total. The van der Waals surface area contributed by atoms with Gasteiger partial charge in [0.05, 0.1) is 13.2 Å². The molecule has 3 fully saturated rings. The van der Waals surface area contributed by atoms with Crippen LogP contribution in [-0.4, -0.2) is 98.3 Å². The summed E-state index contributed by atoms with van der Waals surface area (Å²) in [5.74, 6) is 1.12. The lowest BCUT2D eigenvalue weighted by Gasteiger charge is -2.33. The smallest absolute Gasteiger partial charge is 0.193 e. The van der Waals surface area contributed by atoms with Gasteiger partial charge in [0, 0.05) is 57.9 Å². The van der Waals surface area contributed by atoms with E-state index >= 15 is 0 Å². The number of nitrogens with one attached hydrogen (secondary N) is 1. The summed E-state index contributed by atoms with van der Waals surface area (Å²) in [7, 11) is 0. The third kappa shape index (κ3) is 5.57. The van der Waals surface area contributed by atoms with Gasteiger partial charge in [-0.1, -0.05) is 6.42 Å². The van der Waals surface area contributed by atoms with Crippen LogP contribution in [0.25, 0.3) is 0 Å². The van der Waals surface area contributed by atoms with Crippen molar-refractivity contribution in [1.82, 2.24) is 20.0 Å². The lowest BCUT2D eigenvalue weighted by Crippen LogP contribution is -2.46. The van der Waals surface area contributed by atoms with Gasteiger partial charge in [0.15, 0.2) is 5.96 Å². The zero-order chi connectivity index (χ0) is 18.2. The standard InChI is InChI=1S/C20H39N5O/c1-3-21-20(22-9-6-11-23-10-5-4-7-18(23)2)25-12-8-19(17-25)24-13-15-26-16-14-24/h18-19H,3-17H2,1-2H3,(H,21,22). The predicted molar refractivity (Wildman–Crippen MR) is 108 cm³/mol. The second-order valence-corrected chi connectivity index (χ2v) is 8.01. The molecule has 6 nitrogen and oxygen atoms in total. The minimum Gasteiger partial charge on any atom is -0.379 e. The Hall–Kier alpha value is -0.850. The van der Waals surface area contributed by atoms with Gasteiger partial charge < -0.3 is 19.9 Å². The molecule has 0 aromatic heterocycles. The summed E-state index contributed by atoms with van der Waals surface area (Å²) in [4.78, 5) is 12.7. The monoisotopic (exact) mass is 365 g/mol. The molecule has 2 atom stereocenters. The summed E-state index contributed by atoms with van der Waals surface area (Å²) in [6, 6.07) is 1.42. The molecule has 0 bridgehead atoms. The minimum absolute atomic E-state index is 0.664. The summed E-state index contributed by atoms with van der Waals surface area (Å²) in [5, 5.41) is 3.51. The molecular weight excluding hydrogens is 326 g/mol. The number of guanidine groups is 1. The molecule has 150 valence electrons. The Balaban J connectivity index is 1.44. The van der Waals surface area contributed by atoms with Crippen molar-refractivity contribution in [2.75, 3.05) is 65.6 Å². The van der Waals surface area contributed by atoms with Gasteiger partial charge in [-0.25, -0.2) is 0 Å². The van der Waals surface area contributed by atoms with E-state index < -0.39 is 0 Å². The van der Waals surface area contributed by atoms with Crippen molar-refractivity contribution in [2.24, 2.45) is 4.99 Å². The maximum Gasteiger partial charge on any atom is 0.193 e. The summed E-state index contributed by atoms with van der Waals surface area (Å²) >= 11 is 0. The van der Waals surface area contributed by atoms with Crippen molar-refractivity contribution >= 4 is 5.96 Å². The largest absolute Gasteiger partial charge is 0.379 e. The fourth-order valence-electron chi connectivity index (χ4n) is 4.55. The highest BCUT2D eigenvalue weighted by Crippen LogP contribution is 2.18. The summed E-state index contributed by atoms with van der Waals surface area (Å²) in [5.41, 5.74) is 0. The molecule has 0 spiro atoms. The van der Waals surface area contributed by atoms with Gasteiger partial charge in [-0.15, -0.1) is 0 Å². The van der Waals surface area contributed by atoms with Crippen LogP contribution in [0.1, 0.15) is 46.0 Å². The minimum atomic E-state index is 0.664. The van der Waals surface area contributed by atoms with Crippen LogP contribution in [0.15, 0.2) is 4.99 Å². The molecule has 6 heteroatoms. The van der Waals surface area contributed by atoms with E-state index in [0.29, 0.717) is 6.04 Å². The second kappa shape index (κ2) is 10.5. The first-order valence-electron chi connectivity index (χ1n) is 10.9. The van der Waals surface area contributed by atoms with E-state index in [2.05, 4.69) is 33.9 Å². The zero-order valence-corrected chi connectivity index (χ0v) is 17.0. The van der Waals surface area contributed by atoms with Crippen LogP contribution < -0.4 is 5.32 Å². The van der Waals surface area contributed by atoms with Crippen molar-refractivity contribution in [3.63, 3.8) is 0 Å². The molecule has 0 radical (unpaired) electrons. The second-order valence-electron chi connectivity index (χ2n) is 8.01. The lowest BCUT2D eigenvalue weighted by atomic mass is 10.0. The van der Waals surface area contributed by atoms with Crippen LogP contribution in [0.4, 0.5) is 0 Å². The molecule has 3 aliphatic rings. The Morgan fingerprint density at radius 2 is 1.96 bits per heavy atom. The Kier molecular flexibility index (Phi) is 8.02. The third-order valence-electron chi connectivity index (χ3n) is 6.17. The van der Waals surface area contributed by atoms with E-state index in [4.69, 9.17) is 9.73 Å². The van der Waals surface area contributed by atoms with Crippen LogP contribution in [-0.2, 0) is 4.74 Å². The molecule has 3 aliphatic heterocycles. The third-order valence-corrected chi connectivity index (χ3v) is 6.17. The number of hydrogen-bond acceptors (Lipinski definition) is 4. The van der Waals surface area contributed by atoms with E-state index in [1.165, 1.54) is 45.2 Å². The molecule has 3 heterocycles. The highest BCUT2D eigenvalue weighted by Gasteiger charge is 2.30. The fourth-order valence-corrected chi connectivity index (χ4v) is 4.55. The molecule has 0 aromatic carbocycles. The van der Waals surface area contributed by atoms with Gasteiger partial charge in [0.2, 0.25) is 0 Å². The first-order chi connectivity index (χ1) is 12.8. The van der Waals surface area contributed by atoms with Gasteiger partial charge in [-0.05, 0) is 46.1 Å². The number of aliphatic imine (C=N–C) groups is 1. The molecule has 0 saturated carbocycles. The Labute approximate surface area is 159 Å². The molecule has 3 saturated heterocycles. The Morgan fingerprint density at radius 1 is 1.12 bits per heavy atom. The van der Waals surface area contributed by atoms with Gasteiger partial charge in [0.25, 0.3) is 0 Å². The summed E-state index contributed by atoms with van der Waals surface area (Å²) < 4.78 is 5.50. The van der Waals surface area contributed by atoms with Crippen molar-refractivity contribution < 1.29 is 4.74 Å². The quantitative estimate of drug-likeness (QED) is 0.440. The maximum absolute atomic E-state index is 5.50. The fraction of sp³-hybridized carbons (Fsp3) is 0.950. The average molecular weight is 366 g/mol. The molecule has 2 unspecified atom stereocenters. The molecular formula is C20H39N5O. The van der Waals surface area contributed by atoms with Gasteiger partial charge in [0.1, 0.15) is 0 Å². The van der Waals surface area contributed by atoms with Crippen LogP contribution in [0.2, 0.25) is 0 Å². The van der Waals surface area contributed by atoms with Crippen LogP contribution in [0.5, 0.6) is 0 Å².